The van der Waals surface area contributed by atoms with Crippen molar-refractivity contribution in [3.8, 4) is 0 Å². The van der Waals surface area contributed by atoms with Gasteiger partial charge in [-0.05, 0) is 18.4 Å². The van der Waals surface area contributed by atoms with E-state index in [1.165, 1.54) is 7.11 Å². The highest BCUT2D eigenvalue weighted by Gasteiger charge is 2.23. The monoisotopic (exact) mass is 292 g/mol. The van der Waals surface area contributed by atoms with Gasteiger partial charge < -0.3 is 14.2 Å². The van der Waals surface area contributed by atoms with Gasteiger partial charge in [0.2, 0.25) is 0 Å². The average Bonchev–Trinajstić information content (AvgIpc) is 2.73. The molecule has 1 aliphatic rings. The predicted octanol–water partition coefficient (Wildman–Crippen LogP) is 3.09. The Kier molecular flexibility index (Phi) is 6.70. The molecule has 4 heteroatoms. The molecule has 1 heterocycles. The van der Waals surface area contributed by atoms with Gasteiger partial charge in [0.1, 0.15) is 0 Å². The van der Waals surface area contributed by atoms with E-state index in [0.29, 0.717) is 19.6 Å². The zero-order valence-corrected chi connectivity index (χ0v) is 12.6. The largest absolute Gasteiger partial charge is 0.469 e. The molecule has 0 unspecified atom stereocenters. The lowest BCUT2D eigenvalue weighted by atomic mass is 10.1. The molecule has 2 atom stereocenters. The lowest BCUT2D eigenvalue weighted by Gasteiger charge is -2.21. The van der Waals surface area contributed by atoms with Crippen LogP contribution >= 0.6 is 0 Å². The number of hydrogen-bond acceptors (Lipinski definition) is 4. The van der Waals surface area contributed by atoms with Crippen molar-refractivity contribution in [3.05, 3.63) is 35.9 Å². The van der Waals surface area contributed by atoms with E-state index < -0.39 is 0 Å². The zero-order chi connectivity index (χ0) is 14.9. The van der Waals surface area contributed by atoms with Gasteiger partial charge in [-0.1, -0.05) is 43.2 Å². The third kappa shape index (κ3) is 5.86. The molecular weight excluding hydrogens is 268 g/mol. The first kappa shape index (κ1) is 16.0. The molecule has 1 saturated heterocycles. The summed E-state index contributed by atoms with van der Waals surface area (Å²) >= 11 is 0. The lowest BCUT2D eigenvalue weighted by molar-refractivity contribution is -0.146. The van der Waals surface area contributed by atoms with Gasteiger partial charge in [0, 0.05) is 0 Å². The molecular formula is C17H24O4. The SMILES string of the molecule is COC(=O)C[C@H]1CCCC[C@@H](COCc2ccccc2)O1. The highest BCUT2D eigenvalue weighted by atomic mass is 16.5. The Morgan fingerprint density at radius 3 is 2.62 bits per heavy atom. The fraction of sp³-hybridized carbons (Fsp3) is 0.588. The molecule has 1 aromatic carbocycles. The number of carbonyl (C=O) groups is 1. The van der Waals surface area contributed by atoms with Crippen LogP contribution < -0.4 is 0 Å². The van der Waals surface area contributed by atoms with Crippen molar-refractivity contribution in [2.45, 2.75) is 50.9 Å². The van der Waals surface area contributed by atoms with E-state index in [2.05, 4.69) is 0 Å². The molecule has 1 aliphatic heterocycles. The van der Waals surface area contributed by atoms with Crippen LogP contribution in [0.15, 0.2) is 30.3 Å². The molecule has 0 aromatic heterocycles. The smallest absolute Gasteiger partial charge is 0.308 e. The Labute approximate surface area is 126 Å². The summed E-state index contributed by atoms with van der Waals surface area (Å²) in [6, 6.07) is 10.1. The first-order valence-electron chi connectivity index (χ1n) is 7.62. The minimum absolute atomic E-state index is 0.0368. The molecule has 1 fully saturated rings. The zero-order valence-electron chi connectivity index (χ0n) is 12.6. The van der Waals surface area contributed by atoms with Crippen LogP contribution in [-0.4, -0.2) is 31.9 Å². The Morgan fingerprint density at radius 2 is 1.90 bits per heavy atom. The predicted molar refractivity (Wildman–Crippen MR) is 79.9 cm³/mol. The molecule has 0 spiro atoms. The molecule has 116 valence electrons. The number of methoxy groups -OCH3 is 1. The van der Waals surface area contributed by atoms with Gasteiger partial charge in [0.05, 0.1) is 39.0 Å². The average molecular weight is 292 g/mol. The molecule has 0 N–H and O–H groups in total. The summed E-state index contributed by atoms with van der Waals surface area (Å²) in [5.74, 6) is -0.203. The molecule has 0 bridgehead atoms. The standard InChI is InChI=1S/C17H24O4/c1-19-17(18)11-15-9-5-6-10-16(21-15)13-20-12-14-7-3-2-4-8-14/h2-4,7-8,15-16H,5-6,9-13H2,1H3/t15-,16+/m1/s1. The second kappa shape index (κ2) is 8.80. The van der Waals surface area contributed by atoms with E-state index in [1.54, 1.807) is 0 Å². The Balaban J connectivity index is 1.74. The maximum atomic E-state index is 11.4. The Hall–Kier alpha value is -1.39. The topological polar surface area (TPSA) is 44.8 Å². The van der Waals surface area contributed by atoms with E-state index in [-0.39, 0.29) is 18.2 Å². The highest BCUT2D eigenvalue weighted by molar-refractivity contribution is 5.69. The summed E-state index contributed by atoms with van der Waals surface area (Å²) < 4.78 is 16.5. The summed E-state index contributed by atoms with van der Waals surface area (Å²) in [5, 5.41) is 0. The van der Waals surface area contributed by atoms with Crippen molar-refractivity contribution < 1.29 is 19.0 Å². The molecule has 0 saturated carbocycles. The summed E-state index contributed by atoms with van der Waals surface area (Å²) in [4.78, 5) is 11.4. The third-order valence-electron chi connectivity index (χ3n) is 3.72. The molecule has 0 amide bonds. The number of ether oxygens (including phenoxy) is 3. The van der Waals surface area contributed by atoms with Crippen LogP contribution in [0.3, 0.4) is 0 Å². The van der Waals surface area contributed by atoms with Crippen molar-refractivity contribution >= 4 is 5.97 Å². The second-order valence-corrected chi connectivity index (χ2v) is 5.45. The fourth-order valence-corrected chi connectivity index (χ4v) is 2.58. The number of benzene rings is 1. The Bertz CT molecular complexity index is 418. The lowest BCUT2D eigenvalue weighted by Crippen LogP contribution is -2.26. The van der Waals surface area contributed by atoms with Gasteiger partial charge in [-0.25, -0.2) is 0 Å². The minimum atomic E-state index is -0.203. The first-order valence-corrected chi connectivity index (χ1v) is 7.62. The van der Waals surface area contributed by atoms with Gasteiger partial charge in [0.15, 0.2) is 0 Å². The van der Waals surface area contributed by atoms with Crippen molar-refractivity contribution in [2.24, 2.45) is 0 Å². The van der Waals surface area contributed by atoms with Crippen molar-refractivity contribution in [2.75, 3.05) is 13.7 Å². The summed E-state index contributed by atoms with van der Waals surface area (Å²) in [7, 11) is 1.42. The van der Waals surface area contributed by atoms with Crippen LogP contribution in [0.4, 0.5) is 0 Å². The normalized spacial score (nSPS) is 22.5. The van der Waals surface area contributed by atoms with E-state index in [1.807, 2.05) is 30.3 Å². The highest BCUT2D eigenvalue weighted by Crippen LogP contribution is 2.21. The van der Waals surface area contributed by atoms with Crippen LogP contribution in [0.25, 0.3) is 0 Å². The van der Waals surface area contributed by atoms with Gasteiger partial charge in [-0.3, -0.25) is 4.79 Å². The number of carbonyl (C=O) groups excluding carboxylic acids is 1. The van der Waals surface area contributed by atoms with E-state index in [4.69, 9.17) is 14.2 Å². The van der Waals surface area contributed by atoms with Crippen LogP contribution in [-0.2, 0) is 25.6 Å². The van der Waals surface area contributed by atoms with E-state index in [0.717, 1.165) is 31.2 Å². The fourth-order valence-electron chi connectivity index (χ4n) is 2.58. The van der Waals surface area contributed by atoms with Crippen LogP contribution in [0.5, 0.6) is 0 Å². The summed E-state index contributed by atoms with van der Waals surface area (Å²) in [6.07, 6.45) is 4.51. The third-order valence-corrected chi connectivity index (χ3v) is 3.72. The maximum absolute atomic E-state index is 11.4. The molecule has 2 rings (SSSR count). The molecule has 0 aliphatic carbocycles. The maximum Gasteiger partial charge on any atom is 0.308 e. The second-order valence-electron chi connectivity index (χ2n) is 5.45. The molecule has 4 nitrogen and oxygen atoms in total. The van der Waals surface area contributed by atoms with Gasteiger partial charge in [0.25, 0.3) is 0 Å². The molecule has 21 heavy (non-hydrogen) atoms. The van der Waals surface area contributed by atoms with Crippen LogP contribution in [0, 0.1) is 0 Å². The van der Waals surface area contributed by atoms with Crippen LogP contribution in [0.2, 0.25) is 0 Å². The quantitative estimate of drug-likeness (QED) is 0.756. The van der Waals surface area contributed by atoms with E-state index in [9.17, 15) is 4.79 Å². The van der Waals surface area contributed by atoms with Crippen molar-refractivity contribution in [3.63, 3.8) is 0 Å². The molecule has 1 aromatic rings. The molecule has 0 radical (unpaired) electrons. The van der Waals surface area contributed by atoms with E-state index >= 15 is 0 Å². The van der Waals surface area contributed by atoms with Gasteiger partial charge in [-0.15, -0.1) is 0 Å². The Morgan fingerprint density at radius 1 is 1.19 bits per heavy atom. The first-order chi connectivity index (χ1) is 10.3. The minimum Gasteiger partial charge on any atom is -0.469 e. The summed E-state index contributed by atoms with van der Waals surface area (Å²) in [6.45, 7) is 1.18. The van der Waals surface area contributed by atoms with Crippen LogP contribution in [0.1, 0.15) is 37.7 Å². The number of esters is 1. The summed E-state index contributed by atoms with van der Waals surface area (Å²) in [5.41, 5.74) is 1.16. The van der Waals surface area contributed by atoms with Gasteiger partial charge >= 0.3 is 5.97 Å². The number of rotatable bonds is 6. The van der Waals surface area contributed by atoms with Crippen molar-refractivity contribution in [1.82, 2.24) is 0 Å². The number of hydrogen-bond donors (Lipinski definition) is 0. The van der Waals surface area contributed by atoms with Crippen molar-refractivity contribution in [1.29, 1.82) is 0 Å². The van der Waals surface area contributed by atoms with Gasteiger partial charge in [-0.2, -0.15) is 0 Å².